The van der Waals surface area contributed by atoms with Gasteiger partial charge >= 0.3 is 0 Å². The highest BCUT2D eigenvalue weighted by Gasteiger charge is 2.56. The molecule has 3 heterocycles. The van der Waals surface area contributed by atoms with Gasteiger partial charge in [-0.25, -0.2) is 8.78 Å². The van der Waals surface area contributed by atoms with Gasteiger partial charge in [0, 0.05) is 32.1 Å². The third kappa shape index (κ3) is 3.82. The van der Waals surface area contributed by atoms with Gasteiger partial charge in [0.1, 0.15) is 0 Å². The summed E-state index contributed by atoms with van der Waals surface area (Å²) in [7, 11) is 1.81. The summed E-state index contributed by atoms with van der Waals surface area (Å²) in [6.45, 7) is 2.09. The molecule has 2 fully saturated rings. The molecule has 8 heteroatoms. The lowest BCUT2D eigenvalue weighted by molar-refractivity contribution is -0.166. The van der Waals surface area contributed by atoms with Crippen LogP contribution in [0.5, 0.6) is 0 Å². The van der Waals surface area contributed by atoms with Gasteiger partial charge in [0.2, 0.25) is 5.91 Å². The van der Waals surface area contributed by atoms with Crippen molar-refractivity contribution in [2.24, 2.45) is 12.5 Å². The molecule has 0 radical (unpaired) electrons. The van der Waals surface area contributed by atoms with Crippen molar-refractivity contribution in [3.05, 3.63) is 53.3 Å². The van der Waals surface area contributed by atoms with Gasteiger partial charge in [-0.2, -0.15) is 5.10 Å². The molecule has 1 aromatic heterocycles. The van der Waals surface area contributed by atoms with E-state index in [0.717, 1.165) is 16.3 Å². The fourth-order valence-corrected chi connectivity index (χ4v) is 4.84. The number of likely N-dealkylation sites (tertiary alicyclic amines) is 2. The molecule has 2 aromatic rings. The second-order valence-electron chi connectivity index (χ2n) is 8.57. The van der Waals surface area contributed by atoms with Gasteiger partial charge < -0.3 is 9.80 Å². The first-order valence-electron chi connectivity index (χ1n) is 10.2. The quantitative estimate of drug-likeness (QED) is 0.773. The zero-order valence-electron chi connectivity index (χ0n) is 17.3. The molecule has 0 N–H and O–H groups in total. The maximum Gasteiger partial charge on any atom is 0.266 e. The first-order chi connectivity index (χ1) is 14.2. The van der Waals surface area contributed by atoms with Crippen molar-refractivity contribution in [1.29, 1.82) is 0 Å². The molecule has 1 atom stereocenters. The first kappa shape index (κ1) is 20.5. The Kier molecular flexibility index (Phi) is 5.11. The normalized spacial score (nSPS) is 23.8. The van der Waals surface area contributed by atoms with Crippen LogP contribution >= 0.6 is 0 Å². The van der Waals surface area contributed by atoms with Crippen LogP contribution in [0, 0.1) is 12.3 Å². The average molecular weight is 416 g/mol. The number of benzene rings is 1. The standard InChI is InChI=1S/C22H26F2N4O2/c1-16-11-18(26(2)25-16)12-27-10-6-9-21(20(27)30)13-22(23,24)15-28(14-21)19(29)17-7-4-3-5-8-17/h3-5,7-8,11H,6,9-10,12-15H2,1-2H3. The molecule has 2 aliphatic heterocycles. The van der Waals surface area contributed by atoms with E-state index < -0.39 is 30.2 Å². The highest BCUT2D eigenvalue weighted by molar-refractivity contribution is 5.95. The highest BCUT2D eigenvalue weighted by atomic mass is 19.3. The summed E-state index contributed by atoms with van der Waals surface area (Å²) in [5.74, 6) is -3.86. The van der Waals surface area contributed by atoms with Crippen molar-refractivity contribution in [3.8, 4) is 0 Å². The van der Waals surface area contributed by atoms with E-state index in [1.54, 1.807) is 39.9 Å². The zero-order valence-corrected chi connectivity index (χ0v) is 17.3. The molecule has 2 amide bonds. The van der Waals surface area contributed by atoms with E-state index in [2.05, 4.69) is 5.10 Å². The van der Waals surface area contributed by atoms with E-state index in [1.165, 1.54) is 0 Å². The molecule has 1 aromatic carbocycles. The zero-order chi connectivity index (χ0) is 21.5. The number of halogens is 2. The van der Waals surface area contributed by atoms with Crippen LogP contribution in [0.25, 0.3) is 0 Å². The summed E-state index contributed by atoms with van der Waals surface area (Å²) in [5.41, 5.74) is 0.807. The van der Waals surface area contributed by atoms with E-state index in [-0.39, 0.29) is 12.5 Å². The van der Waals surface area contributed by atoms with Gasteiger partial charge in [0.05, 0.1) is 29.9 Å². The molecule has 0 aliphatic carbocycles. The van der Waals surface area contributed by atoms with Gasteiger partial charge in [-0.1, -0.05) is 18.2 Å². The van der Waals surface area contributed by atoms with Crippen LogP contribution in [0.3, 0.4) is 0 Å². The number of aromatic nitrogens is 2. The van der Waals surface area contributed by atoms with E-state index in [1.807, 2.05) is 20.0 Å². The molecule has 2 aliphatic rings. The second-order valence-corrected chi connectivity index (χ2v) is 8.57. The molecular formula is C22H26F2N4O2. The summed E-state index contributed by atoms with van der Waals surface area (Å²) >= 11 is 0. The minimum absolute atomic E-state index is 0.0239. The number of nitrogens with zero attached hydrogens (tertiary/aromatic N) is 4. The lowest BCUT2D eigenvalue weighted by Crippen LogP contribution is -2.61. The Morgan fingerprint density at radius 2 is 1.93 bits per heavy atom. The Balaban J connectivity index is 1.60. The average Bonchev–Trinajstić information content (AvgIpc) is 3.01. The molecule has 30 heavy (non-hydrogen) atoms. The second kappa shape index (κ2) is 7.49. The molecule has 0 bridgehead atoms. The molecule has 0 saturated carbocycles. The van der Waals surface area contributed by atoms with Crippen LogP contribution in [0.1, 0.15) is 41.0 Å². The molecule has 1 unspecified atom stereocenters. The summed E-state index contributed by atoms with van der Waals surface area (Å²) in [6, 6.07) is 10.3. The monoisotopic (exact) mass is 416 g/mol. The molecule has 2 saturated heterocycles. The van der Waals surface area contributed by atoms with E-state index in [4.69, 9.17) is 0 Å². The topological polar surface area (TPSA) is 58.4 Å². The maximum absolute atomic E-state index is 14.8. The number of amides is 2. The number of alkyl halides is 2. The Morgan fingerprint density at radius 1 is 1.20 bits per heavy atom. The summed E-state index contributed by atoms with van der Waals surface area (Å²) < 4.78 is 31.3. The van der Waals surface area contributed by atoms with Crippen LogP contribution in [0.15, 0.2) is 36.4 Å². The summed E-state index contributed by atoms with van der Waals surface area (Å²) in [4.78, 5) is 29.1. The number of carbonyl (C=O) groups excluding carboxylic acids is 2. The Bertz CT molecular complexity index is 959. The number of rotatable bonds is 3. The largest absolute Gasteiger partial charge is 0.336 e. The fourth-order valence-electron chi connectivity index (χ4n) is 4.84. The number of carbonyl (C=O) groups is 2. The Hall–Kier alpha value is -2.77. The van der Waals surface area contributed by atoms with Crippen molar-refractivity contribution >= 4 is 11.8 Å². The summed E-state index contributed by atoms with van der Waals surface area (Å²) in [6.07, 6.45) is 0.477. The van der Waals surface area contributed by atoms with Crippen LogP contribution in [-0.2, 0) is 18.4 Å². The Labute approximate surface area is 174 Å². The number of hydrogen-bond acceptors (Lipinski definition) is 3. The lowest BCUT2D eigenvalue weighted by atomic mass is 9.71. The molecule has 160 valence electrons. The van der Waals surface area contributed by atoms with Gasteiger partial charge in [-0.05, 0) is 38.0 Å². The third-order valence-corrected chi connectivity index (χ3v) is 6.10. The first-order valence-corrected chi connectivity index (χ1v) is 10.2. The van der Waals surface area contributed by atoms with Crippen molar-refractivity contribution in [2.75, 3.05) is 19.6 Å². The van der Waals surface area contributed by atoms with Crippen molar-refractivity contribution in [2.45, 2.75) is 38.7 Å². The number of hydrogen-bond donors (Lipinski definition) is 0. The third-order valence-electron chi connectivity index (χ3n) is 6.10. The van der Waals surface area contributed by atoms with Gasteiger partial charge in [0.25, 0.3) is 11.8 Å². The maximum atomic E-state index is 14.8. The lowest BCUT2D eigenvalue weighted by Gasteiger charge is -2.49. The molecular weight excluding hydrogens is 390 g/mol. The van der Waals surface area contributed by atoms with Crippen LogP contribution in [0.4, 0.5) is 8.78 Å². The van der Waals surface area contributed by atoms with Gasteiger partial charge in [0.15, 0.2) is 0 Å². The minimum Gasteiger partial charge on any atom is -0.336 e. The van der Waals surface area contributed by atoms with Crippen molar-refractivity contribution < 1.29 is 18.4 Å². The van der Waals surface area contributed by atoms with E-state index >= 15 is 0 Å². The van der Waals surface area contributed by atoms with Gasteiger partial charge in [-0.15, -0.1) is 0 Å². The van der Waals surface area contributed by atoms with Crippen LogP contribution in [0.2, 0.25) is 0 Å². The van der Waals surface area contributed by atoms with Crippen LogP contribution < -0.4 is 0 Å². The smallest absolute Gasteiger partial charge is 0.266 e. The highest BCUT2D eigenvalue weighted by Crippen LogP contribution is 2.45. The van der Waals surface area contributed by atoms with E-state index in [0.29, 0.717) is 31.5 Å². The van der Waals surface area contributed by atoms with Gasteiger partial charge in [-0.3, -0.25) is 14.3 Å². The SMILES string of the molecule is Cc1cc(CN2CCCC3(CN(C(=O)c4ccccc4)CC(F)(F)C3)C2=O)n(C)n1. The fraction of sp³-hybridized carbons (Fsp3) is 0.500. The number of piperidine rings is 2. The Morgan fingerprint density at radius 3 is 2.60 bits per heavy atom. The molecule has 4 rings (SSSR count). The summed E-state index contributed by atoms with van der Waals surface area (Å²) in [5, 5.41) is 4.30. The van der Waals surface area contributed by atoms with E-state index in [9.17, 15) is 18.4 Å². The predicted octanol–water partition coefficient (Wildman–Crippen LogP) is 3.02. The van der Waals surface area contributed by atoms with Crippen molar-refractivity contribution in [1.82, 2.24) is 19.6 Å². The minimum atomic E-state index is -3.11. The predicted molar refractivity (Wildman–Crippen MR) is 107 cm³/mol. The number of aryl methyl sites for hydroxylation is 2. The van der Waals surface area contributed by atoms with Crippen molar-refractivity contribution in [3.63, 3.8) is 0 Å². The molecule has 6 nitrogen and oxygen atoms in total. The van der Waals surface area contributed by atoms with Crippen LogP contribution in [-0.4, -0.2) is 57.0 Å². The molecule has 1 spiro atoms.